The normalized spacial score (nSPS) is 11.3. The van der Waals surface area contributed by atoms with E-state index in [-0.39, 0.29) is 11.6 Å². The minimum absolute atomic E-state index is 0.0653. The van der Waals surface area contributed by atoms with Gasteiger partial charge in [0, 0.05) is 18.7 Å². The van der Waals surface area contributed by atoms with Crippen LogP contribution in [0.5, 0.6) is 0 Å². The summed E-state index contributed by atoms with van der Waals surface area (Å²) < 4.78 is 5.30. The Morgan fingerprint density at radius 2 is 1.48 bits per heavy atom. The third-order valence-corrected chi connectivity index (χ3v) is 3.58. The average molecular weight is 319 g/mol. The Hall–Kier alpha value is -1.51. The van der Waals surface area contributed by atoms with Crippen LogP contribution in [0.4, 0.5) is 5.69 Å². The van der Waals surface area contributed by atoms with E-state index in [1.807, 2.05) is 26.8 Å². The van der Waals surface area contributed by atoms with Gasteiger partial charge in [-0.2, -0.15) is 0 Å². The van der Waals surface area contributed by atoms with E-state index >= 15 is 0 Å². The number of carbonyl (C=O) groups is 1. The number of nitrogens with one attached hydrogen (secondary N) is 1. The Kier molecular flexibility index (Phi) is 9.42. The Morgan fingerprint density at radius 3 is 2.09 bits per heavy atom. The first-order chi connectivity index (χ1) is 11.0. The number of benzene rings is 1. The minimum Gasteiger partial charge on any atom is -0.460 e. The van der Waals surface area contributed by atoms with Crippen molar-refractivity contribution in [1.29, 1.82) is 0 Å². The van der Waals surface area contributed by atoms with Crippen molar-refractivity contribution in [1.82, 2.24) is 0 Å². The summed E-state index contributed by atoms with van der Waals surface area (Å²) in [6, 6.07) is 10.3. The number of carbonyl (C=O) groups excluding carboxylic acids is 1. The van der Waals surface area contributed by atoms with E-state index < -0.39 is 0 Å². The van der Waals surface area contributed by atoms with Gasteiger partial charge in [-0.15, -0.1) is 0 Å². The van der Waals surface area contributed by atoms with Crippen molar-refractivity contribution in [2.24, 2.45) is 0 Å². The maximum absolute atomic E-state index is 11.6. The lowest BCUT2D eigenvalue weighted by molar-refractivity contribution is -0.154. The van der Waals surface area contributed by atoms with E-state index in [2.05, 4.69) is 29.6 Å². The molecule has 3 nitrogen and oxygen atoms in total. The SMILES string of the molecule is CC(C)(C)OC(=O)CCCCCCCCCNc1ccccc1. The zero-order chi connectivity index (χ0) is 17.0. The molecule has 0 unspecified atom stereocenters. The second kappa shape index (κ2) is 11.1. The van der Waals surface area contributed by atoms with Crippen molar-refractivity contribution in [3.63, 3.8) is 0 Å². The van der Waals surface area contributed by atoms with E-state index in [1.54, 1.807) is 0 Å². The van der Waals surface area contributed by atoms with E-state index in [4.69, 9.17) is 4.74 Å². The van der Waals surface area contributed by atoms with Gasteiger partial charge in [-0.3, -0.25) is 4.79 Å². The summed E-state index contributed by atoms with van der Waals surface area (Å²) in [4.78, 5) is 11.6. The molecule has 23 heavy (non-hydrogen) atoms. The van der Waals surface area contributed by atoms with Crippen LogP contribution in [-0.2, 0) is 9.53 Å². The van der Waals surface area contributed by atoms with Crippen LogP contribution in [-0.4, -0.2) is 18.1 Å². The number of ether oxygens (including phenoxy) is 1. The fourth-order valence-corrected chi connectivity index (χ4v) is 2.46. The summed E-state index contributed by atoms with van der Waals surface area (Å²) in [6.07, 6.45) is 8.88. The van der Waals surface area contributed by atoms with E-state index in [1.165, 1.54) is 37.8 Å². The van der Waals surface area contributed by atoms with Crippen LogP contribution in [0.1, 0.15) is 72.1 Å². The van der Waals surface area contributed by atoms with Gasteiger partial charge >= 0.3 is 5.97 Å². The van der Waals surface area contributed by atoms with Crippen molar-refractivity contribution in [3.8, 4) is 0 Å². The third-order valence-electron chi connectivity index (χ3n) is 3.58. The molecule has 0 saturated carbocycles. The lowest BCUT2D eigenvalue weighted by Gasteiger charge is -2.19. The molecule has 0 saturated heterocycles. The fourth-order valence-electron chi connectivity index (χ4n) is 2.46. The van der Waals surface area contributed by atoms with Crippen molar-refractivity contribution in [3.05, 3.63) is 30.3 Å². The molecule has 0 aliphatic heterocycles. The molecule has 0 aromatic heterocycles. The van der Waals surface area contributed by atoms with Gasteiger partial charge in [0.25, 0.3) is 0 Å². The second-order valence-electron chi connectivity index (χ2n) is 7.10. The zero-order valence-corrected chi connectivity index (χ0v) is 15.1. The summed E-state index contributed by atoms with van der Waals surface area (Å²) >= 11 is 0. The lowest BCUT2D eigenvalue weighted by atomic mass is 10.1. The molecule has 1 aromatic rings. The van der Waals surface area contributed by atoms with Gasteiger partial charge < -0.3 is 10.1 Å². The highest BCUT2D eigenvalue weighted by Crippen LogP contribution is 2.13. The van der Waals surface area contributed by atoms with Gasteiger partial charge in [-0.25, -0.2) is 0 Å². The van der Waals surface area contributed by atoms with Gasteiger partial charge in [-0.1, -0.05) is 50.3 Å². The average Bonchev–Trinajstić information content (AvgIpc) is 2.48. The van der Waals surface area contributed by atoms with Gasteiger partial charge in [-0.05, 0) is 45.7 Å². The number of unbranched alkanes of at least 4 members (excludes halogenated alkanes) is 6. The molecule has 0 bridgehead atoms. The first-order valence-electron chi connectivity index (χ1n) is 8.98. The first-order valence-corrected chi connectivity index (χ1v) is 8.98. The number of hydrogen-bond acceptors (Lipinski definition) is 3. The predicted molar refractivity (Wildman–Crippen MR) is 97.7 cm³/mol. The van der Waals surface area contributed by atoms with Gasteiger partial charge in [0.2, 0.25) is 0 Å². The molecular formula is C20H33NO2. The summed E-state index contributed by atoms with van der Waals surface area (Å²) in [6.45, 7) is 6.79. The van der Waals surface area contributed by atoms with Crippen molar-refractivity contribution < 1.29 is 9.53 Å². The molecule has 1 N–H and O–H groups in total. The van der Waals surface area contributed by atoms with Crippen LogP contribution < -0.4 is 5.32 Å². The fraction of sp³-hybridized carbons (Fsp3) is 0.650. The minimum atomic E-state index is -0.356. The summed E-state index contributed by atoms with van der Waals surface area (Å²) in [7, 11) is 0. The summed E-state index contributed by atoms with van der Waals surface area (Å²) in [5, 5.41) is 3.44. The first kappa shape index (κ1) is 19.5. The molecule has 1 aromatic carbocycles. The van der Waals surface area contributed by atoms with Gasteiger partial charge in [0.1, 0.15) is 5.60 Å². The van der Waals surface area contributed by atoms with Crippen LogP contribution in [0.2, 0.25) is 0 Å². The van der Waals surface area contributed by atoms with Crippen molar-refractivity contribution in [2.45, 2.75) is 77.7 Å². The summed E-state index contributed by atoms with van der Waals surface area (Å²) in [5.74, 6) is -0.0653. The Labute approximate surface area is 141 Å². The summed E-state index contributed by atoms with van der Waals surface area (Å²) in [5.41, 5.74) is 0.847. The molecule has 0 atom stereocenters. The van der Waals surface area contributed by atoms with Crippen LogP contribution in [0.15, 0.2) is 30.3 Å². The molecule has 0 aliphatic rings. The quantitative estimate of drug-likeness (QED) is 0.428. The van der Waals surface area contributed by atoms with Crippen molar-refractivity contribution in [2.75, 3.05) is 11.9 Å². The number of para-hydroxylation sites is 1. The molecular weight excluding hydrogens is 286 g/mol. The molecule has 0 aliphatic carbocycles. The maximum Gasteiger partial charge on any atom is 0.306 e. The van der Waals surface area contributed by atoms with Gasteiger partial charge in [0.15, 0.2) is 0 Å². The van der Waals surface area contributed by atoms with E-state index in [0.717, 1.165) is 19.4 Å². The van der Waals surface area contributed by atoms with Crippen LogP contribution in [0.25, 0.3) is 0 Å². The zero-order valence-electron chi connectivity index (χ0n) is 15.1. The predicted octanol–water partition coefficient (Wildman–Crippen LogP) is 5.56. The molecule has 3 heteroatoms. The number of rotatable bonds is 11. The Bertz CT molecular complexity index is 423. The van der Waals surface area contributed by atoms with Crippen LogP contribution in [0, 0.1) is 0 Å². The number of anilines is 1. The smallest absolute Gasteiger partial charge is 0.306 e. The van der Waals surface area contributed by atoms with Crippen molar-refractivity contribution >= 4 is 11.7 Å². The molecule has 0 amide bonds. The second-order valence-corrected chi connectivity index (χ2v) is 7.10. The maximum atomic E-state index is 11.6. The molecule has 0 radical (unpaired) electrons. The van der Waals surface area contributed by atoms with E-state index in [0.29, 0.717) is 6.42 Å². The standard InChI is InChI=1S/C20H33NO2/c1-20(2,3)23-19(22)16-12-7-5-4-6-8-13-17-21-18-14-10-9-11-15-18/h9-11,14-15,21H,4-8,12-13,16-17H2,1-3H3. The molecule has 0 spiro atoms. The Morgan fingerprint density at radius 1 is 0.913 bits per heavy atom. The monoisotopic (exact) mass is 319 g/mol. The highest BCUT2D eigenvalue weighted by atomic mass is 16.6. The molecule has 0 heterocycles. The number of esters is 1. The molecule has 1 rings (SSSR count). The number of hydrogen-bond donors (Lipinski definition) is 1. The highest BCUT2D eigenvalue weighted by molar-refractivity contribution is 5.69. The third kappa shape index (κ3) is 11.7. The van der Waals surface area contributed by atoms with E-state index in [9.17, 15) is 4.79 Å². The molecule has 0 fully saturated rings. The topological polar surface area (TPSA) is 38.3 Å². The highest BCUT2D eigenvalue weighted by Gasteiger charge is 2.15. The molecule has 130 valence electrons. The van der Waals surface area contributed by atoms with Crippen LogP contribution >= 0.6 is 0 Å². The Balaban J connectivity index is 1.86. The van der Waals surface area contributed by atoms with Crippen LogP contribution in [0.3, 0.4) is 0 Å². The van der Waals surface area contributed by atoms with Gasteiger partial charge in [0.05, 0.1) is 0 Å². The largest absolute Gasteiger partial charge is 0.460 e. The lowest BCUT2D eigenvalue weighted by Crippen LogP contribution is -2.23.